The lowest BCUT2D eigenvalue weighted by atomic mass is 9.97. The minimum Gasteiger partial charge on any atom is -0.317 e. The van der Waals surface area contributed by atoms with E-state index in [9.17, 15) is 4.79 Å². The minimum atomic E-state index is -0.0852. The molecular weight excluding hydrogens is 294 g/mol. The molecule has 0 radical (unpaired) electrons. The highest BCUT2D eigenvalue weighted by Crippen LogP contribution is 2.31. The van der Waals surface area contributed by atoms with Crippen molar-refractivity contribution < 1.29 is 4.79 Å². The van der Waals surface area contributed by atoms with E-state index in [1.165, 1.54) is 4.88 Å². The Morgan fingerprint density at radius 1 is 1.23 bits per heavy atom. The van der Waals surface area contributed by atoms with Gasteiger partial charge in [0.2, 0.25) is 0 Å². The van der Waals surface area contributed by atoms with Crippen molar-refractivity contribution in [2.75, 3.05) is 18.4 Å². The number of piperidine rings is 1. The molecule has 5 heteroatoms. The minimum absolute atomic E-state index is 0.0852. The van der Waals surface area contributed by atoms with E-state index in [1.807, 2.05) is 32.2 Å². The standard InChI is InChI=1S/C17H21N3OS/c1-11-7-12(2)9-14(8-11)16(21)20-17-19-10-15(22-17)13-3-5-18-6-4-13/h7-10,13,18H,3-6H2,1-2H3,(H,19,20,21). The Labute approximate surface area is 135 Å². The number of aryl methyl sites for hydroxylation is 2. The van der Waals surface area contributed by atoms with Crippen LogP contribution in [0.2, 0.25) is 0 Å². The van der Waals surface area contributed by atoms with Crippen molar-refractivity contribution in [2.24, 2.45) is 0 Å². The monoisotopic (exact) mass is 315 g/mol. The molecule has 1 fully saturated rings. The quantitative estimate of drug-likeness (QED) is 0.912. The fourth-order valence-electron chi connectivity index (χ4n) is 2.91. The molecule has 0 bridgehead atoms. The van der Waals surface area contributed by atoms with Crippen molar-refractivity contribution in [1.82, 2.24) is 10.3 Å². The smallest absolute Gasteiger partial charge is 0.257 e. The number of hydrogen-bond donors (Lipinski definition) is 2. The molecule has 2 N–H and O–H groups in total. The van der Waals surface area contributed by atoms with Gasteiger partial charge in [0.25, 0.3) is 5.91 Å². The van der Waals surface area contributed by atoms with Crippen LogP contribution in [0, 0.1) is 13.8 Å². The third kappa shape index (κ3) is 3.54. The molecule has 116 valence electrons. The molecule has 1 aromatic carbocycles. The Morgan fingerprint density at radius 3 is 2.59 bits per heavy atom. The topological polar surface area (TPSA) is 54.0 Å². The molecule has 0 unspecified atom stereocenters. The van der Waals surface area contributed by atoms with E-state index in [0.717, 1.165) is 37.1 Å². The van der Waals surface area contributed by atoms with Crippen LogP contribution in [-0.2, 0) is 0 Å². The number of anilines is 1. The highest BCUT2D eigenvalue weighted by molar-refractivity contribution is 7.15. The van der Waals surface area contributed by atoms with Crippen LogP contribution in [-0.4, -0.2) is 24.0 Å². The summed E-state index contributed by atoms with van der Waals surface area (Å²) in [5.74, 6) is 0.489. The van der Waals surface area contributed by atoms with Crippen LogP contribution in [0.1, 0.15) is 45.1 Å². The Kier molecular flexibility index (Phi) is 4.55. The van der Waals surface area contributed by atoms with E-state index >= 15 is 0 Å². The molecule has 2 heterocycles. The van der Waals surface area contributed by atoms with Gasteiger partial charge in [0.05, 0.1) is 0 Å². The maximum Gasteiger partial charge on any atom is 0.257 e. The summed E-state index contributed by atoms with van der Waals surface area (Å²) < 4.78 is 0. The van der Waals surface area contributed by atoms with Crippen LogP contribution in [0.15, 0.2) is 24.4 Å². The summed E-state index contributed by atoms with van der Waals surface area (Å²) in [7, 11) is 0. The zero-order valence-electron chi connectivity index (χ0n) is 13.0. The maximum atomic E-state index is 12.3. The molecule has 3 rings (SSSR count). The highest BCUT2D eigenvalue weighted by atomic mass is 32.1. The molecule has 4 nitrogen and oxygen atoms in total. The lowest BCUT2D eigenvalue weighted by Crippen LogP contribution is -2.26. The first kappa shape index (κ1) is 15.2. The van der Waals surface area contributed by atoms with Crippen molar-refractivity contribution >= 4 is 22.4 Å². The van der Waals surface area contributed by atoms with Gasteiger partial charge in [-0.2, -0.15) is 0 Å². The molecule has 1 aromatic heterocycles. The van der Waals surface area contributed by atoms with Gasteiger partial charge in [-0.25, -0.2) is 4.98 Å². The summed E-state index contributed by atoms with van der Waals surface area (Å²) in [6, 6.07) is 5.88. The molecule has 0 spiro atoms. The number of nitrogens with one attached hydrogen (secondary N) is 2. The lowest BCUT2D eigenvalue weighted by molar-refractivity contribution is 0.102. The number of amides is 1. The molecule has 2 aromatic rings. The van der Waals surface area contributed by atoms with Crippen molar-refractivity contribution in [3.8, 4) is 0 Å². The second-order valence-electron chi connectivity index (χ2n) is 5.92. The number of benzene rings is 1. The van der Waals surface area contributed by atoms with Gasteiger partial charge in [0, 0.05) is 16.6 Å². The van der Waals surface area contributed by atoms with Gasteiger partial charge in [0.15, 0.2) is 5.13 Å². The van der Waals surface area contributed by atoms with Gasteiger partial charge in [0.1, 0.15) is 0 Å². The lowest BCUT2D eigenvalue weighted by Gasteiger charge is -2.20. The average Bonchev–Trinajstić information content (AvgIpc) is 2.95. The summed E-state index contributed by atoms with van der Waals surface area (Å²) in [6.07, 6.45) is 4.21. The predicted molar refractivity (Wildman–Crippen MR) is 90.8 cm³/mol. The van der Waals surface area contributed by atoms with E-state index in [0.29, 0.717) is 16.6 Å². The van der Waals surface area contributed by atoms with Crippen molar-refractivity contribution in [3.63, 3.8) is 0 Å². The van der Waals surface area contributed by atoms with Gasteiger partial charge < -0.3 is 5.32 Å². The first-order chi connectivity index (χ1) is 10.6. The summed E-state index contributed by atoms with van der Waals surface area (Å²) in [5.41, 5.74) is 2.88. The second-order valence-corrected chi connectivity index (χ2v) is 6.98. The van der Waals surface area contributed by atoms with E-state index in [2.05, 4.69) is 21.7 Å². The van der Waals surface area contributed by atoms with Crippen LogP contribution in [0.25, 0.3) is 0 Å². The fraction of sp³-hybridized carbons (Fsp3) is 0.412. The maximum absolute atomic E-state index is 12.3. The number of rotatable bonds is 3. The molecule has 1 amide bonds. The number of hydrogen-bond acceptors (Lipinski definition) is 4. The third-order valence-corrected chi connectivity index (χ3v) is 5.04. The Morgan fingerprint density at radius 2 is 1.91 bits per heavy atom. The van der Waals surface area contributed by atoms with Gasteiger partial charge in [-0.3, -0.25) is 10.1 Å². The number of aromatic nitrogens is 1. The molecule has 1 saturated heterocycles. The Hall–Kier alpha value is -1.72. The van der Waals surface area contributed by atoms with Crippen molar-refractivity contribution in [1.29, 1.82) is 0 Å². The van der Waals surface area contributed by atoms with Gasteiger partial charge in [-0.15, -0.1) is 11.3 Å². The van der Waals surface area contributed by atoms with Gasteiger partial charge >= 0.3 is 0 Å². The first-order valence-corrected chi connectivity index (χ1v) is 8.49. The van der Waals surface area contributed by atoms with E-state index in [-0.39, 0.29) is 5.91 Å². The second kappa shape index (κ2) is 6.58. The summed E-state index contributed by atoms with van der Waals surface area (Å²) in [5, 5.41) is 6.99. The van der Waals surface area contributed by atoms with Crippen LogP contribution in [0.3, 0.4) is 0 Å². The summed E-state index contributed by atoms with van der Waals surface area (Å²) in [6.45, 7) is 6.13. The Bertz CT molecular complexity index is 654. The van der Waals surface area contributed by atoms with Crippen molar-refractivity contribution in [3.05, 3.63) is 46.0 Å². The number of carbonyl (C=O) groups is 1. The number of nitrogens with zero attached hydrogens (tertiary/aromatic N) is 1. The van der Waals surface area contributed by atoms with E-state index in [4.69, 9.17) is 0 Å². The van der Waals surface area contributed by atoms with E-state index < -0.39 is 0 Å². The normalized spacial score (nSPS) is 15.7. The third-order valence-electron chi connectivity index (χ3n) is 3.97. The zero-order chi connectivity index (χ0) is 15.5. The summed E-state index contributed by atoms with van der Waals surface area (Å²) in [4.78, 5) is 18.0. The fourth-order valence-corrected chi connectivity index (χ4v) is 3.89. The summed E-state index contributed by atoms with van der Waals surface area (Å²) >= 11 is 1.60. The van der Waals surface area contributed by atoms with Crippen LogP contribution >= 0.6 is 11.3 Å². The van der Waals surface area contributed by atoms with Gasteiger partial charge in [-0.05, 0) is 57.8 Å². The molecule has 0 atom stereocenters. The largest absolute Gasteiger partial charge is 0.317 e. The SMILES string of the molecule is Cc1cc(C)cc(C(=O)Nc2ncc(C3CCNCC3)s2)c1. The molecule has 1 aliphatic heterocycles. The van der Waals surface area contributed by atoms with Crippen LogP contribution in [0.4, 0.5) is 5.13 Å². The number of carbonyl (C=O) groups excluding carboxylic acids is 1. The highest BCUT2D eigenvalue weighted by Gasteiger charge is 2.18. The zero-order valence-corrected chi connectivity index (χ0v) is 13.8. The average molecular weight is 315 g/mol. The molecular formula is C17H21N3OS. The predicted octanol–water partition coefficient (Wildman–Crippen LogP) is 3.48. The Balaban J connectivity index is 1.70. The first-order valence-electron chi connectivity index (χ1n) is 7.68. The number of thiazole rings is 1. The molecule has 0 saturated carbocycles. The molecule has 0 aliphatic carbocycles. The molecule has 1 aliphatic rings. The van der Waals surface area contributed by atoms with Crippen molar-refractivity contribution in [2.45, 2.75) is 32.6 Å². The molecule has 22 heavy (non-hydrogen) atoms. The van der Waals surface area contributed by atoms with Crippen LogP contribution in [0.5, 0.6) is 0 Å². The van der Waals surface area contributed by atoms with E-state index in [1.54, 1.807) is 11.3 Å². The van der Waals surface area contributed by atoms with Gasteiger partial charge in [-0.1, -0.05) is 17.2 Å². The van der Waals surface area contributed by atoms with Crippen LogP contribution < -0.4 is 10.6 Å².